The largest absolute Gasteiger partial charge is 0.385 e. The predicted molar refractivity (Wildman–Crippen MR) is 74.0 cm³/mol. The van der Waals surface area contributed by atoms with E-state index in [4.69, 9.17) is 4.74 Å². The summed E-state index contributed by atoms with van der Waals surface area (Å²) in [5.41, 5.74) is 0. The molecule has 0 saturated heterocycles. The Morgan fingerprint density at radius 1 is 1.32 bits per heavy atom. The van der Waals surface area contributed by atoms with Crippen LogP contribution in [-0.2, 0) is 4.74 Å². The molecular weight excluding hydrogens is 254 g/mol. The predicted octanol–water partition coefficient (Wildman–Crippen LogP) is 0.775. The molecule has 7 heteroatoms. The molecule has 0 bridgehead atoms. The lowest BCUT2D eigenvalue weighted by atomic mass is 10.4. The smallest absolute Gasteiger partial charge is 0.257 e. The van der Waals surface area contributed by atoms with E-state index in [2.05, 4.69) is 20.5 Å². The Hall–Kier alpha value is -0.950. The van der Waals surface area contributed by atoms with Crippen molar-refractivity contribution in [3.63, 3.8) is 0 Å². The van der Waals surface area contributed by atoms with E-state index < -0.39 is 13.0 Å². The fraction of sp³-hybridized carbons (Fsp3) is 0.917. The number of aliphatic imine (C=N–C) groups is 1. The summed E-state index contributed by atoms with van der Waals surface area (Å²) < 4.78 is 29.1. The highest BCUT2D eigenvalue weighted by atomic mass is 19.3. The summed E-state index contributed by atoms with van der Waals surface area (Å²) in [5.74, 6) is 0.438. The highest BCUT2D eigenvalue weighted by Gasteiger charge is 2.03. The van der Waals surface area contributed by atoms with Crippen LogP contribution in [0.4, 0.5) is 8.78 Å². The monoisotopic (exact) mass is 280 g/mol. The number of likely N-dealkylation sites (N-methyl/N-ethyl adjacent to an activating group) is 1. The number of methoxy groups -OCH3 is 1. The van der Waals surface area contributed by atoms with Gasteiger partial charge in [-0.1, -0.05) is 0 Å². The highest BCUT2D eigenvalue weighted by molar-refractivity contribution is 5.79. The third-order valence-corrected chi connectivity index (χ3v) is 2.41. The molecule has 0 radical (unpaired) electrons. The van der Waals surface area contributed by atoms with Crippen LogP contribution in [0.25, 0.3) is 0 Å². The molecule has 0 aliphatic heterocycles. The third kappa shape index (κ3) is 11.9. The van der Waals surface area contributed by atoms with Gasteiger partial charge in [-0.25, -0.2) is 13.8 Å². The molecule has 0 aromatic carbocycles. The average molecular weight is 280 g/mol. The third-order valence-electron chi connectivity index (χ3n) is 2.41. The van der Waals surface area contributed by atoms with Crippen molar-refractivity contribution < 1.29 is 13.5 Å². The van der Waals surface area contributed by atoms with E-state index in [9.17, 15) is 8.78 Å². The van der Waals surface area contributed by atoms with E-state index in [1.807, 2.05) is 14.0 Å². The quantitative estimate of drug-likeness (QED) is 0.353. The number of halogens is 2. The first-order valence-electron chi connectivity index (χ1n) is 6.58. The van der Waals surface area contributed by atoms with Crippen molar-refractivity contribution in [3.8, 4) is 0 Å². The SMILES string of the molecule is CCNC(=NCC(F)F)NCCN(C)CCCOC. The van der Waals surface area contributed by atoms with Gasteiger partial charge in [0.25, 0.3) is 6.43 Å². The zero-order valence-electron chi connectivity index (χ0n) is 12.1. The lowest BCUT2D eigenvalue weighted by molar-refractivity contribution is 0.158. The van der Waals surface area contributed by atoms with Crippen molar-refractivity contribution in [3.05, 3.63) is 0 Å². The molecule has 0 aromatic rings. The van der Waals surface area contributed by atoms with Crippen LogP contribution in [0.5, 0.6) is 0 Å². The van der Waals surface area contributed by atoms with Crippen molar-refractivity contribution in [2.24, 2.45) is 4.99 Å². The summed E-state index contributed by atoms with van der Waals surface area (Å²) in [6, 6.07) is 0. The zero-order valence-corrected chi connectivity index (χ0v) is 12.1. The summed E-state index contributed by atoms with van der Waals surface area (Å²) in [6.45, 7) is 5.26. The number of nitrogens with one attached hydrogen (secondary N) is 2. The first kappa shape index (κ1) is 18.0. The summed E-state index contributed by atoms with van der Waals surface area (Å²) in [6.07, 6.45) is -1.43. The van der Waals surface area contributed by atoms with Crippen LogP contribution >= 0.6 is 0 Å². The number of hydrogen-bond acceptors (Lipinski definition) is 3. The van der Waals surface area contributed by atoms with Gasteiger partial charge in [0.2, 0.25) is 0 Å². The minimum atomic E-state index is -2.41. The molecule has 0 fully saturated rings. The maximum Gasteiger partial charge on any atom is 0.257 e. The van der Waals surface area contributed by atoms with E-state index in [0.717, 1.165) is 26.1 Å². The van der Waals surface area contributed by atoms with Gasteiger partial charge in [-0.3, -0.25) is 0 Å². The zero-order chi connectivity index (χ0) is 14.5. The van der Waals surface area contributed by atoms with Gasteiger partial charge in [0.1, 0.15) is 6.54 Å². The molecular formula is C12H26F2N4O. The van der Waals surface area contributed by atoms with Gasteiger partial charge in [0.15, 0.2) is 5.96 Å². The first-order valence-corrected chi connectivity index (χ1v) is 6.58. The molecule has 114 valence electrons. The second kappa shape index (κ2) is 12.1. The number of nitrogens with zero attached hydrogens (tertiary/aromatic N) is 2. The number of ether oxygens (including phenoxy) is 1. The number of rotatable bonds is 10. The molecule has 0 unspecified atom stereocenters. The van der Waals surface area contributed by atoms with Crippen molar-refractivity contribution in [2.45, 2.75) is 19.8 Å². The van der Waals surface area contributed by atoms with Crippen LogP contribution in [0, 0.1) is 0 Å². The van der Waals surface area contributed by atoms with Crippen LogP contribution in [-0.4, -0.2) is 70.8 Å². The summed E-state index contributed by atoms with van der Waals surface area (Å²) in [5, 5.41) is 5.96. The molecule has 19 heavy (non-hydrogen) atoms. The minimum absolute atomic E-state index is 0.438. The maximum absolute atomic E-state index is 12.1. The standard InChI is InChI=1S/C12H26F2N4O/c1-4-15-12(17-10-11(13)14)16-6-8-18(2)7-5-9-19-3/h11H,4-10H2,1-3H3,(H2,15,16,17). The van der Waals surface area contributed by atoms with Crippen LogP contribution < -0.4 is 10.6 Å². The van der Waals surface area contributed by atoms with Crippen LogP contribution in [0.3, 0.4) is 0 Å². The molecule has 0 spiro atoms. The van der Waals surface area contributed by atoms with Gasteiger partial charge in [0.05, 0.1) is 0 Å². The maximum atomic E-state index is 12.1. The molecule has 5 nitrogen and oxygen atoms in total. The number of alkyl halides is 2. The molecule has 0 amide bonds. The molecule has 0 aliphatic carbocycles. The van der Waals surface area contributed by atoms with E-state index in [1.165, 1.54) is 0 Å². The van der Waals surface area contributed by atoms with Crippen molar-refractivity contribution >= 4 is 5.96 Å². The average Bonchev–Trinajstić information content (AvgIpc) is 2.36. The van der Waals surface area contributed by atoms with Crippen LogP contribution in [0.1, 0.15) is 13.3 Å². The van der Waals surface area contributed by atoms with E-state index in [1.54, 1.807) is 7.11 Å². The molecule has 0 aliphatic rings. The lowest BCUT2D eigenvalue weighted by Crippen LogP contribution is -2.41. The molecule has 0 saturated carbocycles. The van der Waals surface area contributed by atoms with Crippen LogP contribution in [0.15, 0.2) is 4.99 Å². The second-order valence-corrected chi connectivity index (χ2v) is 4.19. The molecule has 0 atom stereocenters. The molecule has 0 rings (SSSR count). The van der Waals surface area contributed by atoms with Crippen LogP contribution in [0.2, 0.25) is 0 Å². The van der Waals surface area contributed by atoms with Gasteiger partial charge in [-0.15, -0.1) is 0 Å². The summed E-state index contributed by atoms with van der Waals surface area (Å²) in [4.78, 5) is 5.95. The summed E-state index contributed by atoms with van der Waals surface area (Å²) >= 11 is 0. The van der Waals surface area contributed by atoms with E-state index in [-0.39, 0.29) is 0 Å². The van der Waals surface area contributed by atoms with E-state index in [0.29, 0.717) is 19.0 Å². The first-order chi connectivity index (χ1) is 9.10. The Labute approximate surface area is 114 Å². The Bertz CT molecular complexity index is 240. The van der Waals surface area contributed by atoms with Gasteiger partial charge in [-0.2, -0.15) is 0 Å². The van der Waals surface area contributed by atoms with Crippen molar-refractivity contribution in [2.75, 3.05) is 53.5 Å². The highest BCUT2D eigenvalue weighted by Crippen LogP contribution is 1.91. The molecule has 0 aromatic heterocycles. The number of hydrogen-bond donors (Lipinski definition) is 2. The Balaban J connectivity index is 3.82. The molecule has 0 heterocycles. The van der Waals surface area contributed by atoms with Gasteiger partial charge in [0, 0.05) is 39.9 Å². The summed E-state index contributed by atoms with van der Waals surface area (Å²) in [7, 11) is 3.70. The second-order valence-electron chi connectivity index (χ2n) is 4.19. The van der Waals surface area contributed by atoms with Crippen molar-refractivity contribution in [1.29, 1.82) is 0 Å². The lowest BCUT2D eigenvalue weighted by Gasteiger charge is -2.18. The fourth-order valence-corrected chi connectivity index (χ4v) is 1.46. The van der Waals surface area contributed by atoms with Gasteiger partial charge < -0.3 is 20.3 Å². The Morgan fingerprint density at radius 2 is 2.05 bits per heavy atom. The normalized spacial score (nSPS) is 12.3. The van der Waals surface area contributed by atoms with Gasteiger partial charge >= 0.3 is 0 Å². The fourth-order valence-electron chi connectivity index (χ4n) is 1.46. The van der Waals surface area contributed by atoms with Gasteiger partial charge in [-0.05, 0) is 20.4 Å². The Kier molecular flexibility index (Phi) is 11.5. The Morgan fingerprint density at radius 3 is 2.63 bits per heavy atom. The minimum Gasteiger partial charge on any atom is -0.385 e. The van der Waals surface area contributed by atoms with E-state index >= 15 is 0 Å². The van der Waals surface area contributed by atoms with Crippen molar-refractivity contribution in [1.82, 2.24) is 15.5 Å². The molecule has 2 N–H and O–H groups in total. The topological polar surface area (TPSA) is 48.9 Å². The number of guanidine groups is 1.